The Hall–Kier alpha value is -5.59. The maximum atomic E-state index is 12.5. The van der Waals surface area contributed by atoms with E-state index in [-0.39, 0.29) is 73.5 Å². The Balaban J connectivity index is 0.000000232. The van der Waals surface area contributed by atoms with E-state index >= 15 is 0 Å². The predicted octanol–water partition coefficient (Wildman–Crippen LogP) is 10.5. The number of hydrogen-bond acceptors (Lipinski definition) is 11. The lowest BCUT2D eigenvalue weighted by molar-refractivity contribution is -0.385. The zero-order valence-electron chi connectivity index (χ0n) is 32.3. The monoisotopic (exact) mass is 992 g/mol. The highest BCUT2D eigenvalue weighted by Gasteiger charge is 2.19. The van der Waals surface area contributed by atoms with Gasteiger partial charge in [0.2, 0.25) is 0 Å². The minimum absolute atomic E-state index is 0.0156. The first-order chi connectivity index (χ1) is 29.6. The number of carbonyl (C=O) groups excluding carboxylic acids is 2. The van der Waals surface area contributed by atoms with Crippen molar-refractivity contribution in [3.63, 3.8) is 0 Å². The zero-order valence-corrected chi connectivity index (χ0v) is 37.7. The summed E-state index contributed by atoms with van der Waals surface area (Å²) in [5.41, 5.74) is 8.71. The summed E-state index contributed by atoms with van der Waals surface area (Å²) in [6.45, 7) is 0. The molecule has 6 aromatic rings. The molecule has 0 bridgehead atoms. The van der Waals surface area contributed by atoms with Gasteiger partial charge in [-0.25, -0.2) is 16.8 Å². The molecule has 328 valence electrons. The number of sulfonamides is 1. The van der Waals surface area contributed by atoms with Gasteiger partial charge in [0.15, 0.2) is 0 Å². The summed E-state index contributed by atoms with van der Waals surface area (Å²) in [6.07, 6.45) is 0.294. The van der Waals surface area contributed by atoms with Gasteiger partial charge in [0.25, 0.3) is 30.4 Å². The van der Waals surface area contributed by atoms with Crippen LogP contribution < -0.4 is 10.5 Å². The lowest BCUT2D eigenvalue weighted by Gasteiger charge is -2.10. The highest BCUT2D eigenvalue weighted by Crippen LogP contribution is 2.28. The van der Waals surface area contributed by atoms with Gasteiger partial charge in [-0.05, 0) is 71.8 Å². The van der Waals surface area contributed by atoms with Crippen molar-refractivity contribution in [2.75, 3.05) is 10.5 Å². The van der Waals surface area contributed by atoms with Gasteiger partial charge in [0, 0.05) is 71.0 Å². The first kappa shape index (κ1) is 50.1. The number of rotatable bonds is 14. The third kappa shape index (κ3) is 15.6. The second-order valence-electron chi connectivity index (χ2n) is 13.2. The number of hydrogen-bond donors (Lipinski definition) is 2. The number of benzene rings is 6. The molecule has 21 heteroatoms. The van der Waals surface area contributed by atoms with Gasteiger partial charge in [-0.3, -0.25) is 34.5 Å². The third-order valence-electron chi connectivity index (χ3n) is 8.51. The summed E-state index contributed by atoms with van der Waals surface area (Å²) >= 11 is 22.8. The number of anilines is 2. The van der Waals surface area contributed by atoms with Crippen molar-refractivity contribution in [3.05, 3.63) is 196 Å². The molecule has 6 aromatic carbocycles. The van der Waals surface area contributed by atoms with Crippen molar-refractivity contribution in [3.8, 4) is 0 Å². The molecule has 6 rings (SSSR count). The topological polar surface area (TPSA) is 227 Å². The fraction of sp³-hybridized carbons (Fsp3) is 0.0952. The normalized spacial score (nSPS) is 10.9. The Labute approximate surface area is 386 Å². The van der Waals surface area contributed by atoms with Gasteiger partial charge in [-0.1, -0.05) is 107 Å². The van der Waals surface area contributed by atoms with E-state index in [4.69, 9.17) is 62.8 Å². The van der Waals surface area contributed by atoms with E-state index in [0.29, 0.717) is 33.1 Å². The number of nitrogens with two attached hydrogens (primary N) is 1. The molecule has 0 aliphatic carbocycles. The maximum absolute atomic E-state index is 12.5. The zero-order chi connectivity index (χ0) is 46.5. The first-order valence-electron chi connectivity index (χ1n) is 17.9. The molecular weight excluding hydrogens is 962 g/mol. The molecule has 14 nitrogen and oxygen atoms in total. The smallest absolute Gasteiger partial charge is 0.273 e. The average Bonchev–Trinajstić information content (AvgIpc) is 3.21. The van der Waals surface area contributed by atoms with E-state index in [1.54, 1.807) is 72.8 Å². The largest absolute Gasteiger partial charge is 0.399 e. The number of nitrogen functional groups attached to an aromatic ring is 1. The molecule has 0 saturated carbocycles. The minimum atomic E-state index is -3.87. The molecule has 0 spiro atoms. The average molecular weight is 995 g/mol. The molecule has 0 amide bonds. The van der Waals surface area contributed by atoms with Crippen LogP contribution >= 0.6 is 57.1 Å². The van der Waals surface area contributed by atoms with Gasteiger partial charge in [0.1, 0.15) is 11.6 Å². The van der Waals surface area contributed by atoms with Crippen LogP contribution in [-0.4, -0.2) is 38.2 Å². The number of nitro benzene ring substituents is 2. The van der Waals surface area contributed by atoms with E-state index in [9.17, 15) is 46.7 Å². The molecule has 0 heterocycles. The Bertz CT molecular complexity index is 2870. The number of nitrogens with one attached hydrogen (secondary N) is 1. The van der Waals surface area contributed by atoms with E-state index in [2.05, 4.69) is 4.72 Å². The van der Waals surface area contributed by atoms with Crippen LogP contribution in [-0.2, 0) is 54.3 Å². The fourth-order valence-electron chi connectivity index (χ4n) is 5.49. The van der Waals surface area contributed by atoms with Crippen LogP contribution in [0.2, 0.25) is 20.1 Å². The highest BCUT2D eigenvalue weighted by molar-refractivity contribution is 8.13. The van der Waals surface area contributed by atoms with Gasteiger partial charge >= 0.3 is 0 Å². The van der Waals surface area contributed by atoms with E-state index in [0.717, 1.165) is 5.56 Å². The summed E-state index contributed by atoms with van der Waals surface area (Å²) in [4.78, 5) is 45.2. The van der Waals surface area contributed by atoms with Crippen molar-refractivity contribution in [2.45, 2.75) is 35.5 Å². The molecule has 63 heavy (non-hydrogen) atoms. The maximum Gasteiger partial charge on any atom is 0.273 e. The van der Waals surface area contributed by atoms with Crippen molar-refractivity contribution in [1.29, 1.82) is 0 Å². The first-order valence-corrected chi connectivity index (χ1v) is 23.2. The van der Waals surface area contributed by atoms with Crippen molar-refractivity contribution in [2.24, 2.45) is 0 Å². The number of carbonyl (C=O) groups is 2. The molecule has 3 N–H and O–H groups in total. The number of nitro groups is 2. The van der Waals surface area contributed by atoms with Crippen LogP contribution in [0.5, 0.6) is 0 Å². The summed E-state index contributed by atoms with van der Waals surface area (Å²) in [5.74, 6) is -0.262. The van der Waals surface area contributed by atoms with Crippen LogP contribution in [0.25, 0.3) is 0 Å². The summed E-state index contributed by atoms with van der Waals surface area (Å²) in [5, 5.41) is 22.8. The Kier molecular flexibility index (Phi) is 18.0. The molecule has 0 aliphatic rings. The number of ketones is 2. The second kappa shape index (κ2) is 22.7. The van der Waals surface area contributed by atoms with Crippen LogP contribution in [0.15, 0.2) is 143 Å². The Morgan fingerprint density at radius 2 is 0.937 bits per heavy atom. The van der Waals surface area contributed by atoms with Gasteiger partial charge < -0.3 is 5.73 Å². The van der Waals surface area contributed by atoms with E-state index < -0.39 is 28.9 Å². The Morgan fingerprint density at radius 3 is 1.35 bits per heavy atom. The summed E-state index contributed by atoms with van der Waals surface area (Å²) in [6, 6.07) is 33.6. The molecule has 0 saturated heterocycles. The molecular formula is C42H33Cl5N4O10S2. The molecule has 0 unspecified atom stereocenters. The fourth-order valence-corrected chi connectivity index (χ4v) is 8.08. The van der Waals surface area contributed by atoms with Crippen molar-refractivity contribution < 1.29 is 36.3 Å². The second-order valence-corrected chi connectivity index (χ2v) is 19.1. The quantitative estimate of drug-likeness (QED) is 0.0451. The predicted molar refractivity (Wildman–Crippen MR) is 245 cm³/mol. The lowest BCUT2D eigenvalue weighted by atomic mass is 10.0. The molecule has 0 fully saturated rings. The number of para-hydroxylation sites is 2. The molecule has 0 radical (unpaired) electrons. The SMILES string of the molecule is Nc1ccc(CC(=O)Cc2ccccc2[N+](=O)[O-])cc1.O=C(Cc1ccc(NS(=O)(=O)c2ccc(Cl)c(Cl)c2)cc1)Cc1ccccc1[N+](=O)[O-].O=S(=O)(Cl)c1ccc(Cl)c(Cl)c1. The van der Waals surface area contributed by atoms with Gasteiger partial charge in [-0.15, -0.1) is 0 Å². The Morgan fingerprint density at radius 1 is 0.540 bits per heavy atom. The number of halogens is 5. The van der Waals surface area contributed by atoms with Crippen molar-refractivity contribution in [1.82, 2.24) is 0 Å². The lowest BCUT2D eigenvalue weighted by Crippen LogP contribution is -2.13. The van der Waals surface area contributed by atoms with Crippen molar-refractivity contribution >= 4 is 110 Å². The molecule has 0 atom stereocenters. The number of nitrogens with zero attached hydrogens (tertiary/aromatic N) is 2. The minimum Gasteiger partial charge on any atom is -0.399 e. The van der Waals surface area contributed by atoms with Crippen LogP contribution in [0, 0.1) is 20.2 Å². The van der Waals surface area contributed by atoms with Gasteiger partial charge in [0.05, 0.1) is 39.7 Å². The third-order valence-corrected chi connectivity index (χ3v) is 12.7. The molecule has 0 aliphatic heterocycles. The number of Topliss-reactive ketones (excluding diaryl/α,β-unsaturated/α-hetero) is 2. The summed E-state index contributed by atoms with van der Waals surface area (Å²) < 4.78 is 48.9. The van der Waals surface area contributed by atoms with E-state index in [1.165, 1.54) is 60.7 Å². The van der Waals surface area contributed by atoms with Crippen LogP contribution in [0.1, 0.15) is 22.3 Å². The van der Waals surface area contributed by atoms with Crippen LogP contribution in [0.3, 0.4) is 0 Å². The standard InChI is InChI=1S/C21H16Cl2N2O5S.C15H14N2O3.C6H3Cl3O2S/c22-19-10-9-18(13-20(19)23)31(29,30)24-16-7-5-14(6-8-16)11-17(26)12-15-3-1-2-4-21(15)25(27)28;16-13-7-5-11(6-8-13)9-14(18)10-12-3-1-2-4-15(12)17(19)20;7-5-2-1-4(3-6(5)8)12(9,10)11/h1-10,13,24H,11-12H2;1-8H,9-10,16H2;1-3H. The van der Waals surface area contributed by atoms with Gasteiger partial charge in [-0.2, -0.15) is 0 Å². The molecule has 0 aromatic heterocycles. The van der Waals surface area contributed by atoms with Crippen LogP contribution in [0.4, 0.5) is 22.7 Å². The van der Waals surface area contributed by atoms with E-state index in [1.807, 2.05) is 0 Å². The highest BCUT2D eigenvalue weighted by atomic mass is 35.7. The summed E-state index contributed by atoms with van der Waals surface area (Å²) in [7, 11) is -2.53.